The number of nitrogens with one attached hydrogen (secondary N) is 3. The highest BCUT2D eigenvalue weighted by Crippen LogP contribution is 2.30. The Balaban J connectivity index is 1.26. The largest absolute Gasteiger partial charge is 0.367 e. The summed E-state index contributed by atoms with van der Waals surface area (Å²) in [7, 11) is 2.14. The number of H-pyrrole nitrogens is 1. The molecule has 3 heterocycles. The number of benzene rings is 1. The Morgan fingerprint density at radius 2 is 1.86 bits per heavy atom. The molecule has 1 saturated heterocycles. The van der Waals surface area contributed by atoms with Gasteiger partial charge in [-0.15, -0.1) is 0 Å². The first kappa shape index (κ1) is 24.7. The Hall–Kier alpha value is -2.97. The molecule has 8 nitrogen and oxygen atoms in total. The number of nitrogens with zero attached hydrogens (tertiary/aromatic N) is 3. The van der Waals surface area contributed by atoms with Gasteiger partial charge in [-0.3, -0.25) is 9.59 Å². The van der Waals surface area contributed by atoms with Crippen LogP contribution in [0, 0.1) is 5.92 Å². The van der Waals surface area contributed by atoms with Crippen LogP contribution in [0.4, 0.5) is 5.82 Å². The molecule has 2 fully saturated rings. The number of fused-ring (bicyclic) bond motifs is 1. The number of halogens is 1. The van der Waals surface area contributed by atoms with Crippen LogP contribution in [0.25, 0.3) is 11.0 Å². The van der Waals surface area contributed by atoms with E-state index in [1.54, 1.807) is 30.5 Å². The first-order valence-corrected chi connectivity index (χ1v) is 13.2. The van der Waals surface area contributed by atoms with Crippen LogP contribution in [0.3, 0.4) is 0 Å². The van der Waals surface area contributed by atoms with Gasteiger partial charge in [0.05, 0.1) is 16.0 Å². The van der Waals surface area contributed by atoms with Crippen molar-refractivity contribution in [2.45, 2.75) is 57.0 Å². The minimum absolute atomic E-state index is 0.141. The van der Waals surface area contributed by atoms with Crippen LogP contribution in [-0.4, -0.2) is 63.8 Å². The third-order valence-electron chi connectivity index (χ3n) is 7.53. The summed E-state index contributed by atoms with van der Waals surface area (Å²) in [5.74, 6) is 1.10. The number of carbonyl (C=O) groups is 2. The van der Waals surface area contributed by atoms with Gasteiger partial charge in [0.15, 0.2) is 5.78 Å². The molecule has 0 spiro atoms. The van der Waals surface area contributed by atoms with E-state index < -0.39 is 0 Å². The van der Waals surface area contributed by atoms with E-state index in [0.717, 1.165) is 51.6 Å². The van der Waals surface area contributed by atoms with Gasteiger partial charge in [0, 0.05) is 30.3 Å². The second-order valence-corrected chi connectivity index (χ2v) is 10.6. The summed E-state index contributed by atoms with van der Waals surface area (Å²) in [5, 5.41) is 7.90. The predicted molar refractivity (Wildman–Crippen MR) is 141 cm³/mol. The number of rotatable bonds is 7. The molecule has 1 aliphatic heterocycles. The van der Waals surface area contributed by atoms with Gasteiger partial charge in [0.25, 0.3) is 0 Å². The molecule has 1 aliphatic carbocycles. The van der Waals surface area contributed by atoms with Crippen molar-refractivity contribution in [3.05, 3.63) is 52.9 Å². The molecule has 2 aliphatic rings. The number of amides is 1. The van der Waals surface area contributed by atoms with Crippen LogP contribution in [0.2, 0.25) is 5.02 Å². The SMILES string of the molecule is CN1CCC(CC(=O)NC2CCCC(Nc3ncnc4[nH]cc(C(=O)c5ccccc5Cl)c34)C2)CC1. The lowest BCUT2D eigenvalue weighted by atomic mass is 9.89. The molecule has 3 aromatic rings. The molecule has 9 heteroatoms. The van der Waals surface area contributed by atoms with Gasteiger partial charge in [-0.1, -0.05) is 23.7 Å². The van der Waals surface area contributed by atoms with Crippen molar-refractivity contribution in [2.24, 2.45) is 5.92 Å². The van der Waals surface area contributed by atoms with Crippen molar-refractivity contribution in [1.82, 2.24) is 25.2 Å². The van der Waals surface area contributed by atoms with Crippen molar-refractivity contribution in [1.29, 1.82) is 0 Å². The zero-order valence-corrected chi connectivity index (χ0v) is 21.4. The fourth-order valence-corrected chi connectivity index (χ4v) is 5.72. The second kappa shape index (κ2) is 11.0. The van der Waals surface area contributed by atoms with Crippen molar-refractivity contribution >= 4 is 40.1 Å². The monoisotopic (exact) mass is 508 g/mol. The maximum Gasteiger partial charge on any atom is 0.220 e. The van der Waals surface area contributed by atoms with Gasteiger partial charge in [-0.2, -0.15) is 0 Å². The minimum Gasteiger partial charge on any atom is -0.367 e. The standard InChI is InChI=1S/C27H33ClN6O2/c1-34-11-9-17(10-12-34)13-23(35)32-18-5-4-6-19(14-18)33-27-24-21(15-29-26(24)30-16-31-27)25(36)20-7-2-3-8-22(20)28/h2-3,7-8,15-19H,4-6,9-14H2,1H3,(H,32,35)(H2,29,30,31,33). The highest BCUT2D eigenvalue weighted by atomic mass is 35.5. The van der Waals surface area contributed by atoms with Gasteiger partial charge in [-0.25, -0.2) is 9.97 Å². The Labute approximate surface area is 216 Å². The molecule has 5 rings (SSSR count). The lowest BCUT2D eigenvalue weighted by molar-refractivity contribution is -0.123. The van der Waals surface area contributed by atoms with Gasteiger partial charge in [0.1, 0.15) is 17.8 Å². The van der Waals surface area contributed by atoms with Gasteiger partial charge < -0.3 is 20.5 Å². The molecule has 1 amide bonds. The van der Waals surface area contributed by atoms with Crippen LogP contribution < -0.4 is 10.6 Å². The van der Waals surface area contributed by atoms with Crippen LogP contribution in [0.1, 0.15) is 60.9 Å². The van der Waals surface area contributed by atoms with E-state index in [0.29, 0.717) is 45.3 Å². The molecule has 36 heavy (non-hydrogen) atoms. The predicted octanol–water partition coefficient (Wildman–Crippen LogP) is 4.41. The summed E-state index contributed by atoms with van der Waals surface area (Å²) in [4.78, 5) is 40.3. The number of ketones is 1. The highest BCUT2D eigenvalue weighted by molar-refractivity contribution is 6.35. The van der Waals surface area contributed by atoms with E-state index in [1.165, 1.54) is 6.33 Å². The number of piperidine rings is 1. The van der Waals surface area contributed by atoms with Gasteiger partial charge in [-0.05, 0) is 76.7 Å². The summed E-state index contributed by atoms with van der Waals surface area (Å²) in [6.07, 6.45) is 9.76. The zero-order chi connectivity index (χ0) is 25.1. The number of carbonyl (C=O) groups excluding carboxylic acids is 2. The fraction of sp³-hybridized carbons (Fsp3) is 0.481. The topological polar surface area (TPSA) is 103 Å². The van der Waals surface area contributed by atoms with E-state index >= 15 is 0 Å². The molecule has 0 bridgehead atoms. The van der Waals surface area contributed by atoms with Gasteiger partial charge in [0.2, 0.25) is 5.91 Å². The second-order valence-electron chi connectivity index (χ2n) is 10.2. The number of likely N-dealkylation sites (tertiary alicyclic amines) is 1. The summed E-state index contributed by atoms with van der Waals surface area (Å²) in [6, 6.07) is 7.32. The Morgan fingerprint density at radius 1 is 1.08 bits per heavy atom. The van der Waals surface area contributed by atoms with Crippen LogP contribution in [0.15, 0.2) is 36.8 Å². The Morgan fingerprint density at radius 3 is 2.67 bits per heavy atom. The molecular formula is C27H33ClN6O2. The summed E-state index contributed by atoms with van der Waals surface area (Å²) < 4.78 is 0. The van der Waals surface area contributed by atoms with E-state index in [2.05, 4.69) is 37.5 Å². The lowest BCUT2D eigenvalue weighted by Gasteiger charge is -2.32. The van der Waals surface area contributed by atoms with Crippen LogP contribution >= 0.6 is 11.6 Å². The quantitative estimate of drug-likeness (QED) is 0.408. The smallest absolute Gasteiger partial charge is 0.220 e. The third kappa shape index (κ3) is 5.55. The zero-order valence-electron chi connectivity index (χ0n) is 20.6. The Bertz CT molecular complexity index is 1240. The Kier molecular flexibility index (Phi) is 7.53. The highest BCUT2D eigenvalue weighted by Gasteiger charge is 2.27. The van der Waals surface area contributed by atoms with Gasteiger partial charge >= 0.3 is 0 Å². The first-order valence-electron chi connectivity index (χ1n) is 12.8. The van der Waals surface area contributed by atoms with Crippen LogP contribution in [0.5, 0.6) is 0 Å². The molecule has 2 aromatic heterocycles. The molecular weight excluding hydrogens is 476 g/mol. The van der Waals surface area contributed by atoms with Crippen molar-refractivity contribution in [3.8, 4) is 0 Å². The summed E-state index contributed by atoms with van der Waals surface area (Å²) >= 11 is 6.29. The number of aromatic nitrogens is 3. The maximum atomic E-state index is 13.3. The normalized spacial score (nSPS) is 21.4. The fourth-order valence-electron chi connectivity index (χ4n) is 5.50. The van der Waals surface area contributed by atoms with Crippen molar-refractivity contribution < 1.29 is 9.59 Å². The molecule has 0 radical (unpaired) electrons. The summed E-state index contributed by atoms with van der Waals surface area (Å²) in [6.45, 7) is 2.14. The molecule has 1 saturated carbocycles. The number of hydrogen-bond acceptors (Lipinski definition) is 6. The van der Waals surface area contributed by atoms with E-state index in [-0.39, 0.29) is 23.8 Å². The maximum absolute atomic E-state index is 13.3. The van der Waals surface area contributed by atoms with E-state index in [1.807, 2.05) is 0 Å². The molecule has 190 valence electrons. The summed E-state index contributed by atoms with van der Waals surface area (Å²) in [5.41, 5.74) is 1.53. The average Bonchev–Trinajstić information content (AvgIpc) is 3.31. The van der Waals surface area contributed by atoms with Crippen molar-refractivity contribution in [3.63, 3.8) is 0 Å². The first-order chi connectivity index (χ1) is 17.5. The molecule has 2 atom stereocenters. The third-order valence-corrected chi connectivity index (χ3v) is 7.85. The number of aromatic amines is 1. The van der Waals surface area contributed by atoms with E-state index in [9.17, 15) is 9.59 Å². The number of anilines is 1. The molecule has 2 unspecified atom stereocenters. The van der Waals surface area contributed by atoms with E-state index in [4.69, 9.17) is 11.6 Å². The minimum atomic E-state index is -0.174. The molecule has 1 aromatic carbocycles. The number of hydrogen-bond donors (Lipinski definition) is 3. The van der Waals surface area contributed by atoms with Crippen molar-refractivity contribution in [2.75, 3.05) is 25.5 Å². The van der Waals surface area contributed by atoms with Crippen LogP contribution in [-0.2, 0) is 4.79 Å². The average molecular weight is 509 g/mol. The molecule has 3 N–H and O–H groups in total. The lowest BCUT2D eigenvalue weighted by Crippen LogP contribution is -2.43.